The highest BCUT2D eigenvalue weighted by atomic mass is 32.1. The molecule has 0 saturated carbocycles. The summed E-state index contributed by atoms with van der Waals surface area (Å²) in [6, 6.07) is 6.06. The number of halogens is 1. The Morgan fingerprint density at radius 2 is 2.09 bits per heavy atom. The number of aryl methyl sites for hydroxylation is 2. The third kappa shape index (κ3) is 3.22. The van der Waals surface area contributed by atoms with E-state index in [-0.39, 0.29) is 11.7 Å². The van der Waals surface area contributed by atoms with Crippen molar-refractivity contribution < 1.29 is 9.18 Å². The molecule has 2 aromatic heterocycles. The van der Waals surface area contributed by atoms with Gasteiger partial charge in [0.25, 0.3) is 5.91 Å². The zero-order valence-corrected chi connectivity index (χ0v) is 13.9. The number of amides is 1. The molecule has 2 heterocycles. The molecule has 1 amide bonds. The van der Waals surface area contributed by atoms with Gasteiger partial charge in [0.1, 0.15) is 5.82 Å². The molecule has 0 atom stereocenters. The molecule has 0 saturated heterocycles. The van der Waals surface area contributed by atoms with Crippen LogP contribution < -0.4 is 0 Å². The van der Waals surface area contributed by atoms with E-state index >= 15 is 0 Å². The number of rotatable bonds is 3. The largest absolute Gasteiger partial charge is 0.336 e. The third-order valence-corrected chi connectivity index (χ3v) is 4.44. The van der Waals surface area contributed by atoms with Crippen LogP contribution >= 0.6 is 11.3 Å². The number of aromatic nitrogens is 2. The summed E-state index contributed by atoms with van der Waals surface area (Å²) in [6.45, 7) is 4.23. The van der Waals surface area contributed by atoms with Crippen LogP contribution in [0.15, 0.2) is 30.5 Å². The Balaban J connectivity index is 1.96. The van der Waals surface area contributed by atoms with Crippen LogP contribution in [0.5, 0.6) is 0 Å². The molecule has 0 aliphatic rings. The second kappa shape index (κ2) is 6.04. The smallest absolute Gasteiger partial charge is 0.254 e. The van der Waals surface area contributed by atoms with Crippen molar-refractivity contribution in [1.82, 2.24) is 14.9 Å². The minimum Gasteiger partial charge on any atom is -0.336 e. The Kier molecular flexibility index (Phi) is 4.09. The van der Waals surface area contributed by atoms with E-state index in [0.717, 1.165) is 9.88 Å². The molecule has 1 aromatic carbocycles. The Morgan fingerprint density at radius 1 is 1.30 bits per heavy atom. The van der Waals surface area contributed by atoms with Crippen molar-refractivity contribution in [2.45, 2.75) is 20.4 Å². The number of benzene rings is 1. The van der Waals surface area contributed by atoms with E-state index in [9.17, 15) is 9.18 Å². The van der Waals surface area contributed by atoms with E-state index in [1.165, 1.54) is 12.1 Å². The van der Waals surface area contributed by atoms with Crippen molar-refractivity contribution in [2.75, 3.05) is 7.05 Å². The van der Waals surface area contributed by atoms with Crippen LogP contribution in [-0.2, 0) is 6.54 Å². The average Bonchev–Trinajstić information content (AvgIpc) is 2.90. The second-order valence-corrected chi connectivity index (χ2v) is 6.80. The van der Waals surface area contributed by atoms with Crippen LogP contribution in [0.4, 0.5) is 4.39 Å². The molecule has 3 rings (SSSR count). The van der Waals surface area contributed by atoms with Gasteiger partial charge >= 0.3 is 0 Å². The topological polar surface area (TPSA) is 46.1 Å². The number of carbonyl (C=O) groups excluding carboxylic acids is 1. The monoisotopic (exact) mass is 329 g/mol. The molecule has 4 nitrogen and oxygen atoms in total. The van der Waals surface area contributed by atoms with Gasteiger partial charge < -0.3 is 4.90 Å². The molecule has 0 aliphatic heterocycles. The van der Waals surface area contributed by atoms with E-state index in [1.54, 1.807) is 48.5 Å². The van der Waals surface area contributed by atoms with Gasteiger partial charge in [0.05, 0.1) is 22.6 Å². The lowest BCUT2D eigenvalue weighted by Gasteiger charge is -2.17. The van der Waals surface area contributed by atoms with Crippen molar-refractivity contribution in [2.24, 2.45) is 0 Å². The van der Waals surface area contributed by atoms with Crippen molar-refractivity contribution in [3.63, 3.8) is 0 Å². The van der Waals surface area contributed by atoms with E-state index in [0.29, 0.717) is 28.7 Å². The number of fused-ring (bicyclic) bond motifs is 1. The summed E-state index contributed by atoms with van der Waals surface area (Å²) in [5.74, 6) is -0.472. The predicted octanol–water partition coefficient (Wildman–Crippen LogP) is 3.72. The highest BCUT2D eigenvalue weighted by Crippen LogP contribution is 2.22. The molecule has 118 valence electrons. The van der Waals surface area contributed by atoms with Gasteiger partial charge in [-0.15, -0.1) is 11.3 Å². The SMILES string of the molecule is Cc1cc(C(=O)N(C)Cc2cnc(C)s2)c2ccc(F)cc2n1. The second-order valence-electron chi connectivity index (χ2n) is 5.48. The molecule has 0 N–H and O–H groups in total. The Bertz CT molecular complexity index is 885. The number of hydrogen-bond acceptors (Lipinski definition) is 4. The Labute approximate surface area is 137 Å². The highest BCUT2D eigenvalue weighted by Gasteiger charge is 2.17. The van der Waals surface area contributed by atoms with Crippen molar-refractivity contribution in [3.05, 3.63) is 57.4 Å². The van der Waals surface area contributed by atoms with Crippen LogP contribution in [0.25, 0.3) is 10.9 Å². The van der Waals surface area contributed by atoms with Gasteiger partial charge in [-0.2, -0.15) is 0 Å². The summed E-state index contributed by atoms with van der Waals surface area (Å²) in [5.41, 5.74) is 1.72. The van der Waals surface area contributed by atoms with Gasteiger partial charge in [-0.05, 0) is 32.0 Å². The van der Waals surface area contributed by atoms with Crippen LogP contribution in [0.3, 0.4) is 0 Å². The van der Waals surface area contributed by atoms with Crippen LogP contribution in [0, 0.1) is 19.7 Å². The van der Waals surface area contributed by atoms with Gasteiger partial charge in [0.15, 0.2) is 0 Å². The highest BCUT2D eigenvalue weighted by molar-refractivity contribution is 7.11. The molecule has 3 aromatic rings. The lowest BCUT2D eigenvalue weighted by Crippen LogP contribution is -2.26. The fourth-order valence-corrected chi connectivity index (χ4v) is 3.35. The summed E-state index contributed by atoms with van der Waals surface area (Å²) in [7, 11) is 1.75. The summed E-state index contributed by atoms with van der Waals surface area (Å²) < 4.78 is 13.4. The molecule has 6 heteroatoms. The summed E-state index contributed by atoms with van der Waals surface area (Å²) in [6.07, 6.45) is 1.79. The molecule has 0 bridgehead atoms. The molecule has 0 radical (unpaired) electrons. The zero-order valence-electron chi connectivity index (χ0n) is 13.1. The first-order chi connectivity index (χ1) is 10.9. The first-order valence-electron chi connectivity index (χ1n) is 7.18. The zero-order chi connectivity index (χ0) is 16.6. The maximum Gasteiger partial charge on any atom is 0.254 e. The summed E-state index contributed by atoms with van der Waals surface area (Å²) in [4.78, 5) is 24.0. The van der Waals surface area contributed by atoms with Crippen molar-refractivity contribution >= 4 is 28.1 Å². The fourth-order valence-electron chi connectivity index (χ4n) is 2.50. The molecule has 0 aliphatic carbocycles. The van der Waals surface area contributed by atoms with Gasteiger partial charge in [0, 0.05) is 35.3 Å². The van der Waals surface area contributed by atoms with Crippen LogP contribution in [0.2, 0.25) is 0 Å². The van der Waals surface area contributed by atoms with Crippen molar-refractivity contribution in [1.29, 1.82) is 0 Å². The van der Waals surface area contributed by atoms with E-state index in [4.69, 9.17) is 0 Å². The van der Waals surface area contributed by atoms with Gasteiger partial charge in [-0.25, -0.2) is 9.37 Å². The first-order valence-corrected chi connectivity index (χ1v) is 7.99. The van der Waals surface area contributed by atoms with Gasteiger partial charge in [-0.1, -0.05) is 0 Å². The molecular weight excluding hydrogens is 313 g/mol. The molecule has 0 unspecified atom stereocenters. The molecule has 0 spiro atoms. The quantitative estimate of drug-likeness (QED) is 0.736. The lowest BCUT2D eigenvalue weighted by molar-refractivity contribution is 0.0788. The Hall–Kier alpha value is -2.34. The molecular formula is C17H16FN3OS. The fraction of sp³-hybridized carbons (Fsp3) is 0.235. The summed E-state index contributed by atoms with van der Waals surface area (Å²) in [5, 5.41) is 1.64. The van der Waals surface area contributed by atoms with Crippen LogP contribution in [-0.4, -0.2) is 27.8 Å². The first kappa shape index (κ1) is 15.6. The molecule has 0 fully saturated rings. The van der Waals surface area contributed by atoms with Gasteiger partial charge in [0.2, 0.25) is 0 Å². The Morgan fingerprint density at radius 3 is 2.78 bits per heavy atom. The average molecular weight is 329 g/mol. The van der Waals surface area contributed by atoms with Crippen LogP contribution in [0.1, 0.15) is 25.9 Å². The normalized spacial score (nSPS) is 11.0. The standard InChI is InChI=1S/C17H16FN3OS/c1-10-6-15(14-5-4-12(18)7-16(14)20-10)17(22)21(3)9-13-8-19-11(2)23-13/h4-8H,9H2,1-3H3. The number of hydrogen-bond donors (Lipinski definition) is 0. The predicted molar refractivity (Wildman–Crippen MR) is 89.1 cm³/mol. The number of carbonyl (C=O) groups is 1. The maximum atomic E-state index is 13.4. The minimum absolute atomic E-state index is 0.113. The van der Waals surface area contributed by atoms with Crippen molar-refractivity contribution in [3.8, 4) is 0 Å². The van der Waals surface area contributed by atoms with E-state index in [1.807, 2.05) is 6.92 Å². The number of nitrogens with zero attached hydrogens (tertiary/aromatic N) is 3. The molecule has 23 heavy (non-hydrogen) atoms. The minimum atomic E-state index is -0.359. The summed E-state index contributed by atoms with van der Waals surface area (Å²) >= 11 is 1.57. The lowest BCUT2D eigenvalue weighted by atomic mass is 10.1. The van der Waals surface area contributed by atoms with E-state index in [2.05, 4.69) is 9.97 Å². The third-order valence-electron chi connectivity index (χ3n) is 3.54. The van der Waals surface area contributed by atoms with E-state index < -0.39 is 0 Å². The number of pyridine rings is 1. The van der Waals surface area contributed by atoms with Gasteiger partial charge in [-0.3, -0.25) is 9.78 Å². The maximum absolute atomic E-state index is 13.4. The number of thiazole rings is 1.